The van der Waals surface area contributed by atoms with Crippen molar-refractivity contribution in [1.82, 2.24) is 0 Å². The molecule has 0 rings (SSSR count). The molecule has 0 unspecified atom stereocenters. The molecule has 0 radical (unpaired) electrons. The van der Waals surface area contributed by atoms with Gasteiger partial charge in [-0.15, -0.1) is 13.2 Å². The molecule has 0 aliphatic heterocycles. The maximum atomic E-state index is 13.0. The molecule has 0 amide bonds. The van der Waals surface area contributed by atoms with Gasteiger partial charge in [-0.1, -0.05) is 22.6 Å². The molecule has 2 nitrogen and oxygen atoms in total. The van der Waals surface area contributed by atoms with Gasteiger partial charge in [-0.05, 0) is 0 Å². The van der Waals surface area contributed by atoms with Crippen LogP contribution in [-0.4, -0.2) is 34.0 Å². The summed E-state index contributed by atoms with van der Waals surface area (Å²) < 4.78 is 85.1. The maximum absolute atomic E-state index is 13.0. The molecule has 0 saturated heterocycles. The predicted molar refractivity (Wildman–Crippen MR) is 46.5 cm³/mol. The Balaban J connectivity index is 4.91. The lowest BCUT2D eigenvalue weighted by atomic mass is 10.1. The van der Waals surface area contributed by atoms with Gasteiger partial charge in [-0.3, -0.25) is 0 Å². The molecule has 0 aliphatic rings. The number of hydrogen-bond donors (Lipinski definition) is 1. The predicted octanol–water partition coefficient (Wildman–Crippen LogP) is 2.94. The van der Waals surface area contributed by atoms with Crippen LogP contribution in [0.25, 0.3) is 0 Å². The topological polar surface area (TPSA) is 29.5 Å². The van der Waals surface area contributed by atoms with Gasteiger partial charge in [0.05, 0.1) is 6.61 Å². The fourth-order valence-corrected chi connectivity index (χ4v) is 1.31. The summed E-state index contributed by atoms with van der Waals surface area (Å²) in [6.45, 7) is -0.899. The van der Waals surface area contributed by atoms with Crippen LogP contribution in [0.2, 0.25) is 0 Å². The van der Waals surface area contributed by atoms with Gasteiger partial charge >= 0.3 is 18.4 Å². The quantitative estimate of drug-likeness (QED) is 0.469. The zero-order valence-electron chi connectivity index (χ0n) is 7.37. The number of rotatable bonds is 4. The molecule has 0 heterocycles. The zero-order chi connectivity index (χ0) is 13.2. The van der Waals surface area contributed by atoms with E-state index in [0.29, 0.717) is 0 Å². The third-order valence-corrected chi connectivity index (χ3v) is 2.22. The number of aliphatic hydroxyl groups is 1. The molecular weight excluding hydrogens is 364 g/mol. The van der Waals surface area contributed by atoms with Crippen molar-refractivity contribution in [3.8, 4) is 0 Å². The van der Waals surface area contributed by atoms with Gasteiger partial charge in [0.2, 0.25) is 0 Å². The standard InChI is InChI=1S/C6H6F7IO2/c7-4(5(8,9)10,1-3(14)2-15)16-6(11,12)13/h3,15H,1-2H2/t3-,4-/m1/s1. The molecule has 0 bridgehead atoms. The van der Waals surface area contributed by atoms with E-state index in [-0.39, 0.29) is 0 Å². The minimum absolute atomic E-state index is 0.899. The maximum Gasteiger partial charge on any atom is 0.525 e. The summed E-state index contributed by atoms with van der Waals surface area (Å²) in [6.07, 6.45) is -13.2. The first-order chi connectivity index (χ1) is 6.91. The van der Waals surface area contributed by atoms with Gasteiger partial charge < -0.3 is 5.11 Å². The Kier molecular flexibility index (Phi) is 5.26. The second kappa shape index (κ2) is 5.21. The van der Waals surface area contributed by atoms with Crippen molar-refractivity contribution < 1.29 is 40.6 Å². The first-order valence-electron chi connectivity index (χ1n) is 3.69. The van der Waals surface area contributed by atoms with Crippen molar-refractivity contribution in [3.05, 3.63) is 0 Å². The summed E-state index contributed by atoms with van der Waals surface area (Å²) in [4.78, 5) is 0. The lowest BCUT2D eigenvalue weighted by Gasteiger charge is -2.29. The largest absolute Gasteiger partial charge is 0.525 e. The van der Waals surface area contributed by atoms with Gasteiger partial charge in [0.1, 0.15) is 0 Å². The highest BCUT2D eigenvalue weighted by Gasteiger charge is 2.62. The normalized spacial score (nSPS) is 19.3. The molecule has 2 atom stereocenters. The molecule has 0 fully saturated rings. The highest BCUT2D eigenvalue weighted by molar-refractivity contribution is 14.1. The highest BCUT2D eigenvalue weighted by atomic mass is 127. The lowest BCUT2D eigenvalue weighted by molar-refractivity contribution is -0.448. The molecule has 1 N–H and O–H groups in total. The van der Waals surface area contributed by atoms with Crippen molar-refractivity contribution >= 4 is 22.6 Å². The van der Waals surface area contributed by atoms with Gasteiger partial charge in [0, 0.05) is 10.3 Å². The number of aliphatic hydroxyl groups excluding tert-OH is 1. The minimum Gasteiger partial charge on any atom is -0.395 e. The zero-order valence-corrected chi connectivity index (χ0v) is 9.53. The van der Waals surface area contributed by atoms with E-state index >= 15 is 0 Å². The SMILES string of the molecule is OC[C@H](I)C[C@@](F)(OC(F)(F)F)C(F)(F)F. The molecule has 0 aromatic heterocycles. The van der Waals surface area contributed by atoms with Crippen LogP contribution < -0.4 is 0 Å². The van der Waals surface area contributed by atoms with Crippen LogP contribution in [0.5, 0.6) is 0 Å². The molecule has 0 spiro atoms. The minimum atomic E-state index is -5.83. The van der Waals surface area contributed by atoms with E-state index in [1.54, 1.807) is 0 Å². The fraction of sp³-hybridized carbons (Fsp3) is 1.00. The van der Waals surface area contributed by atoms with E-state index in [1.165, 1.54) is 22.6 Å². The summed E-state index contributed by atoms with van der Waals surface area (Å²) in [5, 5.41) is 8.38. The fourth-order valence-electron chi connectivity index (χ4n) is 0.748. The number of ether oxygens (including phenoxy) is 1. The van der Waals surface area contributed by atoms with E-state index in [4.69, 9.17) is 5.11 Å². The molecule has 98 valence electrons. The Bertz CT molecular complexity index is 228. The smallest absolute Gasteiger partial charge is 0.395 e. The second-order valence-corrected chi connectivity index (χ2v) is 4.52. The van der Waals surface area contributed by atoms with Crippen LogP contribution in [-0.2, 0) is 4.74 Å². The van der Waals surface area contributed by atoms with Crippen LogP contribution in [0.15, 0.2) is 0 Å². The van der Waals surface area contributed by atoms with Crippen molar-refractivity contribution in [3.63, 3.8) is 0 Å². The van der Waals surface area contributed by atoms with Gasteiger partial charge in [0.15, 0.2) is 0 Å². The number of alkyl halides is 8. The van der Waals surface area contributed by atoms with E-state index < -0.39 is 35.3 Å². The number of halogens is 8. The third kappa shape index (κ3) is 4.99. The van der Waals surface area contributed by atoms with Crippen molar-refractivity contribution in [1.29, 1.82) is 0 Å². The highest BCUT2D eigenvalue weighted by Crippen LogP contribution is 2.43. The van der Waals surface area contributed by atoms with E-state index in [0.717, 1.165) is 0 Å². The van der Waals surface area contributed by atoms with Crippen LogP contribution in [0.1, 0.15) is 6.42 Å². The summed E-state index contributed by atoms with van der Waals surface area (Å²) in [6, 6.07) is 0. The molecule has 10 heteroatoms. The lowest BCUT2D eigenvalue weighted by Crippen LogP contribution is -2.48. The third-order valence-electron chi connectivity index (χ3n) is 1.38. The molecule has 16 heavy (non-hydrogen) atoms. The summed E-state index contributed by atoms with van der Waals surface area (Å²) in [5.41, 5.74) is 0. The Morgan fingerprint density at radius 2 is 1.50 bits per heavy atom. The van der Waals surface area contributed by atoms with Crippen LogP contribution in [0, 0.1) is 0 Å². The summed E-state index contributed by atoms with van der Waals surface area (Å²) >= 11 is 1.18. The van der Waals surface area contributed by atoms with E-state index in [2.05, 4.69) is 4.74 Å². The Hall–Kier alpha value is 0.160. The molecule has 0 aromatic carbocycles. The van der Waals surface area contributed by atoms with E-state index in [9.17, 15) is 30.7 Å². The summed E-state index contributed by atoms with van der Waals surface area (Å²) in [7, 11) is 0. The first-order valence-corrected chi connectivity index (χ1v) is 4.93. The first kappa shape index (κ1) is 16.2. The average molecular weight is 370 g/mol. The van der Waals surface area contributed by atoms with Crippen molar-refractivity contribution in [2.45, 2.75) is 28.7 Å². The summed E-state index contributed by atoms with van der Waals surface area (Å²) in [5.74, 6) is -4.85. The molecule has 0 aromatic rings. The monoisotopic (exact) mass is 370 g/mol. The van der Waals surface area contributed by atoms with Gasteiger partial charge in [-0.2, -0.15) is 13.2 Å². The Labute approximate surface area is 98.9 Å². The average Bonchev–Trinajstić information content (AvgIpc) is 1.98. The van der Waals surface area contributed by atoms with Gasteiger partial charge in [-0.25, -0.2) is 9.13 Å². The van der Waals surface area contributed by atoms with Crippen LogP contribution >= 0.6 is 22.6 Å². The molecular formula is C6H6F7IO2. The Morgan fingerprint density at radius 1 is 1.06 bits per heavy atom. The van der Waals surface area contributed by atoms with Crippen molar-refractivity contribution in [2.75, 3.05) is 6.61 Å². The number of hydrogen-bond acceptors (Lipinski definition) is 2. The van der Waals surface area contributed by atoms with Gasteiger partial charge in [0.25, 0.3) is 0 Å². The molecule has 0 aliphatic carbocycles. The van der Waals surface area contributed by atoms with E-state index in [1.807, 2.05) is 0 Å². The second-order valence-electron chi connectivity index (χ2n) is 2.76. The van der Waals surface area contributed by atoms with Crippen LogP contribution in [0.4, 0.5) is 30.7 Å². The Morgan fingerprint density at radius 3 is 1.75 bits per heavy atom. The van der Waals surface area contributed by atoms with Crippen molar-refractivity contribution in [2.24, 2.45) is 0 Å². The molecule has 0 saturated carbocycles. The van der Waals surface area contributed by atoms with Crippen LogP contribution in [0.3, 0.4) is 0 Å².